The van der Waals surface area contributed by atoms with Crippen molar-refractivity contribution in [3.8, 4) is 0 Å². The first kappa shape index (κ1) is 15.7. The SMILES string of the molecule is CC1(C)CN(CCN2C(=O)NC3(CCCC3)C2=O)CCC1N. The monoisotopic (exact) mass is 308 g/mol. The number of nitrogens with two attached hydrogens (primary N) is 1. The Morgan fingerprint density at radius 2 is 1.91 bits per heavy atom. The van der Waals surface area contributed by atoms with E-state index in [-0.39, 0.29) is 23.4 Å². The molecule has 1 spiro atoms. The molecule has 2 aliphatic heterocycles. The zero-order valence-corrected chi connectivity index (χ0v) is 13.7. The molecule has 1 atom stereocenters. The summed E-state index contributed by atoms with van der Waals surface area (Å²) in [6, 6.07) is 0.0158. The van der Waals surface area contributed by atoms with E-state index in [1.165, 1.54) is 4.90 Å². The van der Waals surface area contributed by atoms with E-state index in [2.05, 4.69) is 24.1 Å². The minimum Gasteiger partial charge on any atom is -0.327 e. The fourth-order valence-electron chi connectivity index (χ4n) is 4.11. The molecular weight excluding hydrogens is 280 g/mol. The van der Waals surface area contributed by atoms with E-state index < -0.39 is 5.54 Å². The van der Waals surface area contributed by atoms with Crippen LogP contribution in [-0.4, -0.2) is 59.5 Å². The molecule has 0 bridgehead atoms. The average molecular weight is 308 g/mol. The van der Waals surface area contributed by atoms with E-state index in [1.807, 2.05) is 0 Å². The lowest BCUT2D eigenvalue weighted by molar-refractivity contribution is -0.131. The van der Waals surface area contributed by atoms with Crippen molar-refractivity contribution >= 4 is 11.9 Å². The second-order valence-electron chi connectivity index (χ2n) is 7.84. The first-order valence-electron chi connectivity index (χ1n) is 8.46. The third-order valence-corrected chi connectivity index (χ3v) is 5.73. The van der Waals surface area contributed by atoms with Gasteiger partial charge in [0.25, 0.3) is 5.91 Å². The Morgan fingerprint density at radius 3 is 2.55 bits per heavy atom. The number of carbonyl (C=O) groups is 2. The molecule has 0 radical (unpaired) electrons. The number of hydrogen-bond donors (Lipinski definition) is 2. The summed E-state index contributed by atoms with van der Waals surface area (Å²) < 4.78 is 0. The van der Waals surface area contributed by atoms with E-state index >= 15 is 0 Å². The van der Waals surface area contributed by atoms with Gasteiger partial charge in [0.2, 0.25) is 0 Å². The Bertz CT molecular complexity index is 471. The molecule has 3 fully saturated rings. The molecule has 3 amide bonds. The van der Waals surface area contributed by atoms with Gasteiger partial charge in [0.05, 0.1) is 0 Å². The summed E-state index contributed by atoms with van der Waals surface area (Å²) in [5.41, 5.74) is 5.66. The van der Waals surface area contributed by atoms with Gasteiger partial charge in [-0.1, -0.05) is 26.7 Å². The van der Waals surface area contributed by atoms with Gasteiger partial charge in [0, 0.05) is 25.7 Å². The summed E-state index contributed by atoms with van der Waals surface area (Å²) >= 11 is 0. The van der Waals surface area contributed by atoms with Crippen molar-refractivity contribution in [2.45, 2.75) is 57.5 Å². The number of likely N-dealkylation sites (tertiary alicyclic amines) is 1. The number of imide groups is 1. The largest absolute Gasteiger partial charge is 0.327 e. The topological polar surface area (TPSA) is 78.7 Å². The second kappa shape index (κ2) is 5.49. The third-order valence-electron chi connectivity index (χ3n) is 5.73. The number of carbonyl (C=O) groups excluding carboxylic acids is 2. The van der Waals surface area contributed by atoms with Gasteiger partial charge < -0.3 is 16.0 Å². The molecule has 6 nitrogen and oxygen atoms in total. The molecular formula is C16H28N4O2. The zero-order valence-electron chi connectivity index (χ0n) is 13.7. The maximum absolute atomic E-state index is 12.6. The maximum atomic E-state index is 12.6. The van der Waals surface area contributed by atoms with Crippen LogP contribution >= 0.6 is 0 Å². The number of nitrogens with zero attached hydrogens (tertiary/aromatic N) is 2. The molecule has 2 heterocycles. The molecule has 1 aliphatic carbocycles. The van der Waals surface area contributed by atoms with Gasteiger partial charge in [0.1, 0.15) is 5.54 Å². The normalized spacial score (nSPS) is 31.0. The van der Waals surface area contributed by atoms with Crippen molar-refractivity contribution in [2.75, 3.05) is 26.2 Å². The summed E-state index contributed by atoms with van der Waals surface area (Å²) in [6.07, 6.45) is 4.60. The fraction of sp³-hybridized carbons (Fsp3) is 0.875. The lowest BCUT2D eigenvalue weighted by atomic mass is 9.80. The summed E-state index contributed by atoms with van der Waals surface area (Å²) in [5, 5.41) is 2.94. The van der Waals surface area contributed by atoms with Gasteiger partial charge in [-0.05, 0) is 31.2 Å². The fourth-order valence-corrected chi connectivity index (χ4v) is 4.11. The number of amides is 3. The van der Waals surface area contributed by atoms with Crippen LogP contribution in [0.1, 0.15) is 46.0 Å². The molecule has 124 valence electrons. The van der Waals surface area contributed by atoms with Crippen LogP contribution < -0.4 is 11.1 Å². The second-order valence-corrected chi connectivity index (χ2v) is 7.84. The molecule has 1 saturated carbocycles. The highest BCUT2D eigenvalue weighted by Crippen LogP contribution is 2.35. The summed E-state index contributed by atoms with van der Waals surface area (Å²) in [7, 11) is 0. The van der Waals surface area contributed by atoms with Crippen LogP contribution in [0.5, 0.6) is 0 Å². The van der Waals surface area contributed by atoms with Gasteiger partial charge in [-0.3, -0.25) is 9.69 Å². The Morgan fingerprint density at radius 1 is 1.23 bits per heavy atom. The zero-order chi connectivity index (χ0) is 16.0. The summed E-state index contributed by atoms with van der Waals surface area (Å²) in [6.45, 7) is 7.46. The highest BCUT2D eigenvalue weighted by Gasteiger charge is 2.52. The van der Waals surface area contributed by atoms with Crippen LogP contribution in [0.15, 0.2) is 0 Å². The standard InChI is InChI=1S/C16H28N4O2/c1-15(2)11-19(8-5-12(15)17)9-10-20-13(21)16(18-14(20)22)6-3-4-7-16/h12H,3-11,17H2,1-2H3,(H,18,22). The van der Waals surface area contributed by atoms with Crippen molar-refractivity contribution in [3.63, 3.8) is 0 Å². The van der Waals surface area contributed by atoms with Crippen LogP contribution in [0.4, 0.5) is 4.79 Å². The van der Waals surface area contributed by atoms with E-state index in [1.54, 1.807) is 0 Å². The lowest BCUT2D eigenvalue weighted by Crippen LogP contribution is -2.54. The van der Waals surface area contributed by atoms with Gasteiger partial charge >= 0.3 is 6.03 Å². The number of hydrogen-bond acceptors (Lipinski definition) is 4. The smallest absolute Gasteiger partial charge is 0.325 e. The van der Waals surface area contributed by atoms with Crippen molar-refractivity contribution in [1.82, 2.24) is 15.1 Å². The number of urea groups is 1. The van der Waals surface area contributed by atoms with Crippen molar-refractivity contribution in [3.05, 3.63) is 0 Å². The minimum absolute atomic E-state index is 0.0111. The first-order valence-corrected chi connectivity index (χ1v) is 8.46. The van der Waals surface area contributed by atoms with Gasteiger partial charge in [-0.25, -0.2) is 4.79 Å². The molecule has 0 aromatic carbocycles. The van der Waals surface area contributed by atoms with Crippen molar-refractivity contribution in [1.29, 1.82) is 0 Å². The highest BCUT2D eigenvalue weighted by molar-refractivity contribution is 6.07. The Kier molecular flexibility index (Phi) is 3.93. The van der Waals surface area contributed by atoms with E-state index in [0.717, 1.165) is 51.7 Å². The molecule has 3 rings (SSSR count). The number of rotatable bonds is 3. The van der Waals surface area contributed by atoms with Crippen LogP contribution in [0, 0.1) is 5.41 Å². The van der Waals surface area contributed by atoms with Crippen LogP contribution in [-0.2, 0) is 4.79 Å². The molecule has 1 unspecified atom stereocenters. The predicted octanol–water partition coefficient (Wildman–Crippen LogP) is 0.910. The van der Waals surface area contributed by atoms with Crippen molar-refractivity contribution in [2.24, 2.45) is 11.1 Å². The van der Waals surface area contributed by atoms with E-state index in [9.17, 15) is 9.59 Å². The van der Waals surface area contributed by atoms with Gasteiger partial charge in [-0.15, -0.1) is 0 Å². The van der Waals surface area contributed by atoms with E-state index in [4.69, 9.17) is 5.73 Å². The Balaban J connectivity index is 1.58. The molecule has 0 aromatic heterocycles. The van der Waals surface area contributed by atoms with Crippen LogP contribution in [0.2, 0.25) is 0 Å². The average Bonchev–Trinajstić information content (AvgIpc) is 3.00. The van der Waals surface area contributed by atoms with E-state index in [0.29, 0.717) is 6.54 Å². The number of nitrogens with one attached hydrogen (secondary N) is 1. The third kappa shape index (κ3) is 2.63. The molecule has 3 N–H and O–H groups in total. The quantitative estimate of drug-likeness (QED) is 0.760. The Labute approximate surface area is 132 Å². The first-order chi connectivity index (χ1) is 10.3. The van der Waals surface area contributed by atoms with Gasteiger partial charge in [0.15, 0.2) is 0 Å². The molecule has 0 aromatic rings. The van der Waals surface area contributed by atoms with Gasteiger partial charge in [-0.2, -0.15) is 0 Å². The summed E-state index contributed by atoms with van der Waals surface area (Å²) in [4.78, 5) is 28.5. The predicted molar refractivity (Wildman–Crippen MR) is 84.3 cm³/mol. The molecule has 2 saturated heterocycles. The lowest BCUT2D eigenvalue weighted by Gasteiger charge is -2.42. The Hall–Kier alpha value is -1.14. The molecule has 6 heteroatoms. The van der Waals surface area contributed by atoms with Crippen LogP contribution in [0.25, 0.3) is 0 Å². The highest BCUT2D eigenvalue weighted by atomic mass is 16.2. The molecule has 3 aliphatic rings. The summed E-state index contributed by atoms with van der Waals surface area (Å²) in [5.74, 6) is -0.0111. The maximum Gasteiger partial charge on any atom is 0.325 e. The number of piperidine rings is 1. The van der Waals surface area contributed by atoms with Crippen molar-refractivity contribution < 1.29 is 9.59 Å². The minimum atomic E-state index is -0.583. The van der Waals surface area contributed by atoms with Crippen LogP contribution in [0.3, 0.4) is 0 Å². The molecule has 22 heavy (non-hydrogen) atoms.